The molecule has 0 aliphatic heterocycles. The normalized spacial score (nSPS) is 24.6. The standard InChI is InChI=1S/C36H41F2NO6/c1-18-7-23(44-24-12-22(13-24)36(6,42)17-40)8-19(2)31(18)25-10-21(28(37)14-29(25)38)16-43-30-11-20-9-26-32(27(20)15-39-30)33(26)34(41)45-35(3,4)5/h7-8,10-11,14-15,22,24,26,32-33,40,42H,9,12-13,16-17H2,1-6H3/t22-,24+,26-,32-,33+,36+/m1/s1. The van der Waals surface area contributed by atoms with Gasteiger partial charge in [0.1, 0.15) is 29.6 Å². The Morgan fingerprint density at radius 3 is 2.36 bits per heavy atom. The lowest BCUT2D eigenvalue weighted by Gasteiger charge is -2.43. The van der Waals surface area contributed by atoms with Crippen LogP contribution in [0.15, 0.2) is 36.5 Å². The average molecular weight is 622 g/mol. The first-order chi connectivity index (χ1) is 21.1. The van der Waals surface area contributed by atoms with Gasteiger partial charge in [0.25, 0.3) is 0 Å². The number of aliphatic hydroxyl groups excluding tert-OH is 1. The number of rotatable bonds is 9. The fourth-order valence-electron chi connectivity index (χ4n) is 6.99. The van der Waals surface area contributed by atoms with Crippen molar-refractivity contribution < 1.29 is 38.0 Å². The Morgan fingerprint density at radius 1 is 1.02 bits per heavy atom. The van der Waals surface area contributed by atoms with E-state index in [1.54, 1.807) is 13.1 Å². The first-order valence-corrected chi connectivity index (χ1v) is 15.6. The summed E-state index contributed by atoms with van der Waals surface area (Å²) in [5, 5.41) is 19.6. The average Bonchev–Trinajstić information content (AvgIpc) is 3.51. The molecule has 0 radical (unpaired) electrons. The molecule has 0 saturated heterocycles. The van der Waals surface area contributed by atoms with Crippen LogP contribution < -0.4 is 9.47 Å². The number of hydrogen-bond donors (Lipinski definition) is 2. The van der Waals surface area contributed by atoms with Crippen LogP contribution in [-0.4, -0.2) is 45.1 Å². The Bertz CT molecular complexity index is 1620. The maximum atomic E-state index is 15.2. The quantitative estimate of drug-likeness (QED) is 0.269. The second-order valence-corrected chi connectivity index (χ2v) is 14.2. The van der Waals surface area contributed by atoms with Gasteiger partial charge in [0.05, 0.1) is 24.2 Å². The fourth-order valence-corrected chi connectivity index (χ4v) is 6.99. The van der Waals surface area contributed by atoms with Gasteiger partial charge in [-0.3, -0.25) is 4.79 Å². The van der Waals surface area contributed by atoms with E-state index in [1.165, 1.54) is 6.07 Å². The number of hydrogen-bond acceptors (Lipinski definition) is 7. The molecule has 3 aliphatic rings. The van der Waals surface area contributed by atoms with Gasteiger partial charge in [-0.25, -0.2) is 13.8 Å². The number of pyridine rings is 1. The lowest BCUT2D eigenvalue weighted by atomic mass is 9.72. The summed E-state index contributed by atoms with van der Waals surface area (Å²) in [5.74, 6) is -0.385. The predicted molar refractivity (Wildman–Crippen MR) is 164 cm³/mol. The van der Waals surface area contributed by atoms with E-state index in [1.807, 2.05) is 52.8 Å². The number of aromatic nitrogens is 1. The fraction of sp³-hybridized carbons (Fsp3) is 0.500. The molecule has 0 bridgehead atoms. The molecular weight excluding hydrogens is 580 g/mol. The van der Waals surface area contributed by atoms with E-state index in [0.29, 0.717) is 30.0 Å². The minimum atomic E-state index is -1.12. The number of halogens is 2. The van der Waals surface area contributed by atoms with E-state index in [-0.39, 0.29) is 60.1 Å². The maximum absolute atomic E-state index is 15.2. The number of carbonyl (C=O) groups excluding carboxylic acids is 1. The summed E-state index contributed by atoms with van der Waals surface area (Å²) in [7, 11) is 0. The molecule has 2 N–H and O–H groups in total. The van der Waals surface area contributed by atoms with E-state index in [0.717, 1.165) is 34.7 Å². The molecular formula is C36H41F2NO6. The summed E-state index contributed by atoms with van der Waals surface area (Å²) >= 11 is 0. The number of fused-ring (bicyclic) bond motifs is 3. The Kier molecular flexibility index (Phi) is 7.93. The molecule has 2 aromatic carbocycles. The van der Waals surface area contributed by atoms with Gasteiger partial charge in [0.15, 0.2) is 0 Å². The van der Waals surface area contributed by atoms with Crippen LogP contribution in [0.3, 0.4) is 0 Å². The third-order valence-corrected chi connectivity index (χ3v) is 9.55. The van der Waals surface area contributed by atoms with E-state index in [9.17, 15) is 19.4 Å². The Balaban J connectivity index is 1.13. The Labute approximate surface area is 262 Å². The van der Waals surface area contributed by atoms with Crippen molar-refractivity contribution in [3.63, 3.8) is 0 Å². The van der Waals surface area contributed by atoms with Gasteiger partial charge in [-0.05, 0) is 119 Å². The molecule has 45 heavy (non-hydrogen) atoms. The molecule has 1 heterocycles. The second kappa shape index (κ2) is 11.4. The van der Waals surface area contributed by atoms with Crippen LogP contribution in [0, 0.1) is 43.2 Å². The maximum Gasteiger partial charge on any atom is 0.310 e. The zero-order valence-corrected chi connectivity index (χ0v) is 26.6. The number of aliphatic hydroxyl groups is 2. The smallest absolute Gasteiger partial charge is 0.310 e. The summed E-state index contributed by atoms with van der Waals surface area (Å²) in [6.07, 6.45) is 3.67. The lowest BCUT2D eigenvalue weighted by molar-refractivity contribution is -0.157. The van der Waals surface area contributed by atoms with Gasteiger partial charge in [-0.2, -0.15) is 0 Å². The molecule has 3 aliphatic carbocycles. The molecule has 1 aromatic heterocycles. The van der Waals surface area contributed by atoms with Crippen molar-refractivity contribution in [3.8, 4) is 22.8 Å². The number of esters is 1. The number of nitrogens with zero attached hydrogens (tertiary/aromatic N) is 1. The van der Waals surface area contributed by atoms with Crippen LogP contribution >= 0.6 is 0 Å². The largest absolute Gasteiger partial charge is 0.490 e. The third kappa shape index (κ3) is 6.17. The van der Waals surface area contributed by atoms with Gasteiger partial charge in [0, 0.05) is 35.4 Å². The number of carbonyl (C=O) groups is 1. The van der Waals surface area contributed by atoms with Crippen LogP contribution in [0.1, 0.15) is 74.3 Å². The van der Waals surface area contributed by atoms with Crippen LogP contribution in [-0.2, 0) is 22.6 Å². The Morgan fingerprint density at radius 2 is 1.71 bits per heavy atom. The summed E-state index contributed by atoms with van der Waals surface area (Å²) in [6, 6.07) is 7.90. The van der Waals surface area contributed by atoms with Crippen molar-refractivity contribution in [1.82, 2.24) is 4.98 Å². The zero-order valence-electron chi connectivity index (χ0n) is 26.6. The molecule has 9 heteroatoms. The monoisotopic (exact) mass is 621 g/mol. The predicted octanol–water partition coefficient (Wildman–Crippen LogP) is 6.35. The van der Waals surface area contributed by atoms with Crippen LogP contribution in [0.5, 0.6) is 11.6 Å². The first-order valence-electron chi connectivity index (χ1n) is 15.6. The molecule has 4 atom stereocenters. The summed E-state index contributed by atoms with van der Waals surface area (Å²) in [4.78, 5) is 17.0. The van der Waals surface area contributed by atoms with Crippen LogP contribution in [0.2, 0.25) is 0 Å². The highest BCUT2D eigenvalue weighted by Gasteiger charge is 2.61. The first kappa shape index (κ1) is 31.4. The molecule has 2 fully saturated rings. The minimum Gasteiger partial charge on any atom is -0.490 e. The van der Waals surface area contributed by atoms with Crippen LogP contribution in [0.25, 0.3) is 11.1 Å². The van der Waals surface area contributed by atoms with E-state index in [4.69, 9.17) is 14.2 Å². The highest BCUT2D eigenvalue weighted by atomic mass is 19.1. The molecule has 0 amide bonds. The van der Waals surface area contributed by atoms with Gasteiger partial charge >= 0.3 is 5.97 Å². The van der Waals surface area contributed by atoms with E-state index >= 15 is 4.39 Å². The van der Waals surface area contributed by atoms with Crippen molar-refractivity contribution in [2.75, 3.05) is 6.61 Å². The molecule has 6 rings (SSSR count). The number of aryl methyl sites for hydroxylation is 2. The molecule has 7 nitrogen and oxygen atoms in total. The summed E-state index contributed by atoms with van der Waals surface area (Å²) in [5.41, 5.74) is 3.15. The second-order valence-electron chi connectivity index (χ2n) is 14.2. The number of ether oxygens (including phenoxy) is 3. The summed E-state index contributed by atoms with van der Waals surface area (Å²) in [6.45, 7) is 10.5. The van der Waals surface area contributed by atoms with Crippen molar-refractivity contribution in [2.45, 2.75) is 90.6 Å². The minimum absolute atomic E-state index is 0.0305. The third-order valence-electron chi connectivity index (χ3n) is 9.55. The topological polar surface area (TPSA) is 98.1 Å². The molecule has 0 spiro atoms. The SMILES string of the molecule is Cc1cc(O[C@H]2C[C@@H]([C@@](C)(O)CO)C2)cc(C)c1-c1cc(COc2cc3c(cn2)[C@H]2[C@@H](C3)[C@@H]2C(=O)OC(C)(C)C)c(F)cc1F. The van der Waals surface area contributed by atoms with E-state index in [2.05, 4.69) is 4.98 Å². The highest BCUT2D eigenvalue weighted by molar-refractivity contribution is 5.80. The lowest BCUT2D eigenvalue weighted by Crippen LogP contribution is -2.49. The van der Waals surface area contributed by atoms with Crippen molar-refractivity contribution >= 4 is 5.97 Å². The van der Waals surface area contributed by atoms with Gasteiger partial charge in [-0.15, -0.1) is 0 Å². The molecule has 3 aromatic rings. The Hall–Kier alpha value is -3.56. The van der Waals surface area contributed by atoms with Gasteiger partial charge < -0.3 is 24.4 Å². The molecule has 240 valence electrons. The van der Waals surface area contributed by atoms with E-state index < -0.39 is 22.8 Å². The summed E-state index contributed by atoms with van der Waals surface area (Å²) < 4.78 is 47.7. The zero-order chi connectivity index (χ0) is 32.4. The van der Waals surface area contributed by atoms with Crippen LogP contribution in [0.4, 0.5) is 8.78 Å². The molecule has 2 saturated carbocycles. The van der Waals surface area contributed by atoms with Crippen molar-refractivity contribution in [1.29, 1.82) is 0 Å². The van der Waals surface area contributed by atoms with Crippen molar-refractivity contribution in [2.24, 2.45) is 17.8 Å². The molecule has 0 unspecified atom stereocenters. The van der Waals surface area contributed by atoms with Gasteiger partial charge in [0.2, 0.25) is 5.88 Å². The number of benzene rings is 2. The van der Waals surface area contributed by atoms with Crippen molar-refractivity contribution in [3.05, 3.63) is 76.0 Å². The highest BCUT2D eigenvalue weighted by Crippen LogP contribution is 2.62. The van der Waals surface area contributed by atoms with Gasteiger partial charge in [-0.1, -0.05) is 0 Å².